The van der Waals surface area contributed by atoms with Crippen molar-refractivity contribution in [1.29, 1.82) is 0 Å². The molecule has 0 aliphatic heterocycles. The highest BCUT2D eigenvalue weighted by Gasteiger charge is 2.13. The Morgan fingerprint density at radius 3 is 2.38 bits per heavy atom. The number of nitrogens with zero attached hydrogens (tertiary/aromatic N) is 1. The van der Waals surface area contributed by atoms with E-state index in [1.54, 1.807) is 18.3 Å². The van der Waals surface area contributed by atoms with Crippen LogP contribution in [0.25, 0.3) is 0 Å². The first-order chi connectivity index (χ1) is 14.1. The second kappa shape index (κ2) is 10.7. The molecular weight excluding hydrogens is 431 g/mol. The maximum absolute atomic E-state index is 6.50. The lowest BCUT2D eigenvalue weighted by Crippen LogP contribution is -2.13. The number of hydrogen-bond donors (Lipinski definition) is 1. The molecule has 3 rings (SSSR count). The van der Waals surface area contributed by atoms with Crippen molar-refractivity contribution in [2.45, 2.75) is 26.6 Å². The maximum Gasteiger partial charge on any atom is 0.180 e. The Morgan fingerprint density at radius 1 is 0.862 bits per heavy atom. The highest BCUT2D eigenvalue weighted by molar-refractivity contribution is 6.42. The van der Waals surface area contributed by atoms with Crippen LogP contribution in [0.1, 0.15) is 23.6 Å². The molecular formula is C22H21Cl3N2O2. The normalized spacial score (nSPS) is 10.8. The van der Waals surface area contributed by atoms with Gasteiger partial charge in [-0.2, -0.15) is 0 Å². The predicted molar refractivity (Wildman–Crippen MR) is 118 cm³/mol. The summed E-state index contributed by atoms with van der Waals surface area (Å²) in [5, 5.41) is 4.87. The molecule has 7 heteroatoms. The zero-order valence-electron chi connectivity index (χ0n) is 15.9. The molecule has 0 bridgehead atoms. The van der Waals surface area contributed by atoms with Crippen LogP contribution in [0, 0.1) is 0 Å². The summed E-state index contributed by atoms with van der Waals surface area (Å²) in [6.45, 7) is 4.08. The topological polar surface area (TPSA) is 43.4 Å². The van der Waals surface area contributed by atoms with Crippen LogP contribution in [0.3, 0.4) is 0 Å². The molecule has 152 valence electrons. The van der Waals surface area contributed by atoms with Gasteiger partial charge in [0.25, 0.3) is 0 Å². The summed E-state index contributed by atoms with van der Waals surface area (Å²) in [7, 11) is 0. The summed E-state index contributed by atoms with van der Waals surface area (Å²) in [6, 6.07) is 13.1. The Labute approximate surface area is 185 Å². The SMILES string of the molecule is CCOc1cc(CNCc2cccnc2)cc(Cl)c1OCc1ccc(Cl)c(Cl)c1. The van der Waals surface area contributed by atoms with E-state index < -0.39 is 0 Å². The van der Waals surface area contributed by atoms with Gasteiger partial charge in [0.15, 0.2) is 11.5 Å². The van der Waals surface area contributed by atoms with Gasteiger partial charge in [0.2, 0.25) is 0 Å². The molecule has 0 fully saturated rings. The second-order valence-electron chi connectivity index (χ2n) is 6.34. The summed E-state index contributed by atoms with van der Waals surface area (Å²) in [6.07, 6.45) is 3.60. The van der Waals surface area contributed by atoms with Crippen LogP contribution in [0.4, 0.5) is 0 Å². The second-order valence-corrected chi connectivity index (χ2v) is 7.56. The van der Waals surface area contributed by atoms with Crippen molar-refractivity contribution in [3.63, 3.8) is 0 Å². The van der Waals surface area contributed by atoms with Crippen LogP contribution in [-0.4, -0.2) is 11.6 Å². The summed E-state index contributed by atoms with van der Waals surface area (Å²) in [5.41, 5.74) is 3.01. The number of halogens is 3. The molecule has 0 saturated carbocycles. The first-order valence-electron chi connectivity index (χ1n) is 9.18. The van der Waals surface area contributed by atoms with E-state index in [2.05, 4.69) is 10.3 Å². The molecule has 0 spiro atoms. The molecule has 1 N–H and O–H groups in total. The van der Waals surface area contributed by atoms with Crippen LogP contribution < -0.4 is 14.8 Å². The Morgan fingerprint density at radius 2 is 1.66 bits per heavy atom. The van der Waals surface area contributed by atoms with Crippen LogP contribution in [0.15, 0.2) is 54.9 Å². The fourth-order valence-corrected chi connectivity index (χ4v) is 3.37. The van der Waals surface area contributed by atoms with E-state index in [1.807, 2.05) is 43.5 Å². The van der Waals surface area contributed by atoms with E-state index >= 15 is 0 Å². The van der Waals surface area contributed by atoms with E-state index in [4.69, 9.17) is 44.3 Å². The molecule has 0 saturated heterocycles. The number of nitrogens with one attached hydrogen (secondary N) is 1. The number of rotatable bonds is 9. The zero-order valence-corrected chi connectivity index (χ0v) is 18.2. The summed E-state index contributed by atoms with van der Waals surface area (Å²) >= 11 is 18.5. The van der Waals surface area contributed by atoms with E-state index in [1.165, 1.54) is 0 Å². The minimum Gasteiger partial charge on any atom is -0.490 e. The summed E-state index contributed by atoms with van der Waals surface area (Å²) in [4.78, 5) is 4.12. The maximum atomic E-state index is 6.50. The van der Waals surface area contributed by atoms with Gasteiger partial charge in [0.1, 0.15) is 6.61 Å². The van der Waals surface area contributed by atoms with Crippen molar-refractivity contribution < 1.29 is 9.47 Å². The van der Waals surface area contributed by atoms with Gasteiger partial charge in [-0.25, -0.2) is 0 Å². The van der Waals surface area contributed by atoms with Crippen molar-refractivity contribution in [1.82, 2.24) is 10.3 Å². The van der Waals surface area contributed by atoms with Crippen molar-refractivity contribution in [2.75, 3.05) is 6.61 Å². The van der Waals surface area contributed by atoms with Gasteiger partial charge in [-0.3, -0.25) is 4.98 Å². The van der Waals surface area contributed by atoms with Gasteiger partial charge in [-0.05, 0) is 53.9 Å². The smallest absolute Gasteiger partial charge is 0.180 e. The molecule has 0 atom stereocenters. The molecule has 4 nitrogen and oxygen atoms in total. The number of hydrogen-bond acceptors (Lipinski definition) is 4. The van der Waals surface area contributed by atoms with Crippen molar-refractivity contribution >= 4 is 34.8 Å². The minimum atomic E-state index is 0.301. The number of pyridine rings is 1. The summed E-state index contributed by atoms with van der Waals surface area (Å²) in [5.74, 6) is 1.12. The molecule has 1 aromatic heterocycles. The monoisotopic (exact) mass is 450 g/mol. The lowest BCUT2D eigenvalue weighted by molar-refractivity contribution is 0.269. The van der Waals surface area contributed by atoms with Crippen LogP contribution >= 0.6 is 34.8 Å². The average molecular weight is 452 g/mol. The predicted octanol–water partition coefficient (Wildman–Crippen LogP) is 6.31. The molecule has 0 amide bonds. The first-order valence-corrected chi connectivity index (χ1v) is 10.3. The van der Waals surface area contributed by atoms with Crippen LogP contribution in [0.5, 0.6) is 11.5 Å². The Kier molecular flexibility index (Phi) is 8.01. The van der Waals surface area contributed by atoms with Gasteiger partial charge in [0, 0.05) is 25.5 Å². The number of ether oxygens (including phenoxy) is 2. The number of benzene rings is 2. The molecule has 0 aliphatic rings. The van der Waals surface area contributed by atoms with Gasteiger partial charge in [0.05, 0.1) is 21.7 Å². The van der Waals surface area contributed by atoms with Crippen molar-refractivity contribution in [3.8, 4) is 11.5 Å². The minimum absolute atomic E-state index is 0.301. The lowest BCUT2D eigenvalue weighted by Gasteiger charge is -2.16. The third-order valence-corrected chi connectivity index (χ3v) is 5.14. The van der Waals surface area contributed by atoms with Gasteiger partial charge >= 0.3 is 0 Å². The van der Waals surface area contributed by atoms with Gasteiger partial charge in [-0.1, -0.05) is 46.9 Å². The van der Waals surface area contributed by atoms with Crippen molar-refractivity contribution in [2.24, 2.45) is 0 Å². The molecule has 2 aromatic carbocycles. The largest absolute Gasteiger partial charge is 0.490 e. The Hall–Kier alpha value is -1.98. The molecule has 0 radical (unpaired) electrons. The average Bonchev–Trinajstić information content (AvgIpc) is 2.71. The molecule has 29 heavy (non-hydrogen) atoms. The van der Waals surface area contributed by atoms with Gasteiger partial charge in [-0.15, -0.1) is 0 Å². The summed E-state index contributed by atoms with van der Waals surface area (Å²) < 4.78 is 11.7. The lowest BCUT2D eigenvalue weighted by atomic mass is 10.2. The van der Waals surface area contributed by atoms with Crippen LogP contribution in [-0.2, 0) is 19.7 Å². The highest BCUT2D eigenvalue weighted by Crippen LogP contribution is 2.37. The van der Waals surface area contributed by atoms with E-state index in [0.29, 0.717) is 52.9 Å². The molecule has 0 aliphatic carbocycles. The fourth-order valence-electron chi connectivity index (χ4n) is 2.77. The van der Waals surface area contributed by atoms with E-state index in [-0.39, 0.29) is 0 Å². The molecule has 0 unspecified atom stereocenters. The van der Waals surface area contributed by atoms with E-state index in [9.17, 15) is 0 Å². The van der Waals surface area contributed by atoms with Crippen molar-refractivity contribution in [3.05, 3.63) is 86.6 Å². The third-order valence-electron chi connectivity index (χ3n) is 4.12. The van der Waals surface area contributed by atoms with Gasteiger partial charge < -0.3 is 14.8 Å². The first kappa shape index (κ1) is 21.7. The zero-order chi connectivity index (χ0) is 20.6. The molecule has 3 aromatic rings. The fraction of sp³-hybridized carbons (Fsp3) is 0.227. The number of aromatic nitrogens is 1. The Balaban J connectivity index is 1.69. The highest BCUT2D eigenvalue weighted by atomic mass is 35.5. The standard InChI is InChI=1S/C22H21Cl3N2O2/c1-2-28-21-10-17(13-27-12-16-4-3-7-26-11-16)9-20(25)22(21)29-14-15-5-6-18(23)19(24)8-15/h3-11,27H,2,12-14H2,1H3. The molecule has 1 heterocycles. The Bertz CT molecular complexity index is 952. The van der Waals surface area contributed by atoms with Crippen LogP contribution in [0.2, 0.25) is 15.1 Å². The van der Waals surface area contributed by atoms with E-state index in [0.717, 1.165) is 16.7 Å². The quantitative estimate of drug-likeness (QED) is 0.414. The third kappa shape index (κ3) is 6.25.